The van der Waals surface area contributed by atoms with Gasteiger partial charge in [0.05, 0.1) is 0 Å². The van der Waals surface area contributed by atoms with E-state index in [0.29, 0.717) is 0 Å². The first-order valence-electron chi connectivity index (χ1n) is 3.14. The van der Waals surface area contributed by atoms with Gasteiger partial charge in [-0.15, -0.1) is 0 Å². The van der Waals surface area contributed by atoms with Gasteiger partial charge in [-0.2, -0.15) is 4.39 Å². The normalized spacial score (nSPS) is 10.8. The van der Waals surface area contributed by atoms with Crippen molar-refractivity contribution in [1.29, 1.82) is 0 Å². The monoisotopic (exact) mass is 218 g/mol. The van der Waals surface area contributed by atoms with Crippen molar-refractivity contribution in [2.75, 3.05) is 0 Å². The minimum absolute atomic E-state index is 0. The molecule has 0 aliphatic heterocycles. The predicted molar refractivity (Wildman–Crippen MR) is 34.8 cm³/mol. The van der Waals surface area contributed by atoms with Crippen LogP contribution in [-0.2, 0) is 6.32 Å². The van der Waals surface area contributed by atoms with E-state index in [0.717, 1.165) is 12.5 Å². The maximum Gasteiger partial charge on any atom is 1.00 e. The minimum atomic E-state index is -5.02. The second-order valence-electron chi connectivity index (χ2n) is 2.25. The summed E-state index contributed by atoms with van der Waals surface area (Å²) in [6, 6.07) is 0. The molecule has 1 aromatic rings. The van der Waals surface area contributed by atoms with Crippen LogP contribution in [0.2, 0.25) is 0 Å². The molecule has 1 rings (SSSR count). The van der Waals surface area contributed by atoms with Crippen LogP contribution in [0.5, 0.6) is 0 Å². The maximum atomic E-state index is 12.5. The van der Waals surface area contributed by atoms with Crippen molar-refractivity contribution >= 4 is 6.98 Å². The summed E-state index contributed by atoms with van der Waals surface area (Å²) in [5.74, 6) is -1.11. The Hall–Kier alpha value is 0.501. The Morgan fingerprint density at radius 2 is 1.92 bits per heavy atom. The summed E-state index contributed by atoms with van der Waals surface area (Å²) < 4.78 is 47.8. The molecule has 0 aromatic carbocycles. The molecule has 0 radical (unpaired) electrons. The molecule has 13 heavy (non-hydrogen) atoms. The molecular weight excluding hydrogens is 214 g/mol. The number of rotatable bonds is 2. The molecule has 0 unspecified atom stereocenters. The van der Waals surface area contributed by atoms with Gasteiger partial charge in [-0.3, -0.25) is 0 Å². The van der Waals surface area contributed by atoms with Gasteiger partial charge < -0.3 is 12.9 Å². The fourth-order valence-corrected chi connectivity index (χ4v) is 0.730. The summed E-state index contributed by atoms with van der Waals surface area (Å²) in [6.07, 6.45) is 0.423. The summed E-state index contributed by atoms with van der Waals surface area (Å²) >= 11 is 0. The van der Waals surface area contributed by atoms with Crippen molar-refractivity contribution < 1.29 is 68.7 Å². The van der Waals surface area contributed by atoms with Gasteiger partial charge in [0.2, 0.25) is 5.95 Å². The van der Waals surface area contributed by atoms with Crippen LogP contribution in [0.4, 0.5) is 17.3 Å². The second kappa shape index (κ2) is 5.40. The van der Waals surface area contributed by atoms with Gasteiger partial charge in [0, 0.05) is 6.20 Å². The Balaban J connectivity index is 0.00000144. The van der Waals surface area contributed by atoms with E-state index in [-0.39, 0.29) is 51.4 Å². The van der Waals surface area contributed by atoms with E-state index >= 15 is 0 Å². The van der Waals surface area contributed by atoms with Crippen LogP contribution in [-0.4, -0.2) is 16.9 Å². The van der Waals surface area contributed by atoms with Crippen molar-refractivity contribution in [2.24, 2.45) is 0 Å². The summed E-state index contributed by atoms with van der Waals surface area (Å²) in [5, 5.41) is 0. The van der Waals surface area contributed by atoms with Crippen molar-refractivity contribution in [2.45, 2.75) is 6.32 Å². The molecule has 0 amide bonds. The molecule has 66 valence electrons. The quantitative estimate of drug-likeness (QED) is 0.344. The molecule has 0 aliphatic carbocycles. The summed E-state index contributed by atoms with van der Waals surface area (Å²) in [6.45, 7) is -5.02. The zero-order chi connectivity index (χ0) is 9.19. The van der Waals surface area contributed by atoms with Crippen LogP contribution in [0.1, 0.15) is 5.56 Å². The fraction of sp³-hybridized carbons (Fsp3) is 0.200. The van der Waals surface area contributed by atoms with Crippen molar-refractivity contribution in [3.63, 3.8) is 0 Å². The van der Waals surface area contributed by atoms with Crippen LogP contribution in [0.15, 0.2) is 12.5 Å². The fourth-order valence-electron chi connectivity index (χ4n) is 0.730. The van der Waals surface area contributed by atoms with E-state index in [1.54, 1.807) is 0 Å². The Morgan fingerprint density at radius 1 is 1.31 bits per heavy atom. The summed E-state index contributed by atoms with van der Waals surface area (Å²) in [7, 11) is 0. The molecular formula is C5H4BF4KN2. The van der Waals surface area contributed by atoms with Gasteiger partial charge >= 0.3 is 58.4 Å². The Bertz CT molecular complexity index is 279. The van der Waals surface area contributed by atoms with E-state index < -0.39 is 24.8 Å². The molecule has 0 atom stereocenters. The van der Waals surface area contributed by atoms with Crippen LogP contribution in [0.3, 0.4) is 0 Å². The molecule has 0 saturated heterocycles. The molecule has 1 aromatic heterocycles. The molecule has 8 heteroatoms. The molecule has 0 spiro atoms. The zero-order valence-corrected chi connectivity index (χ0v) is 9.97. The second-order valence-corrected chi connectivity index (χ2v) is 2.25. The Morgan fingerprint density at radius 3 is 2.38 bits per heavy atom. The average Bonchev–Trinajstić information content (AvgIpc) is 1.91. The third kappa shape index (κ3) is 5.06. The number of hydrogen-bond donors (Lipinski definition) is 0. The first kappa shape index (κ1) is 13.5. The Kier molecular flexibility index (Phi) is 5.61. The first-order chi connectivity index (χ1) is 5.49. The van der Waals surface area contributed by atoms with Gasteiger partial charge in [-0.1, -0.05) is 6.32 Å². The van der Waals surface area contributed by atoms with Crippen LogP contribution in [0, 0.1) is 5.95 Å². The van der Waals surface area contributed by atoms with Gasteiger partial charge in [-0.25, -0.2) is 9.97 Å². The van der Waals surface area contributed by atoms with Crippen molar-refractivity contribution in [3.8, 4) is 0 Å². The van der Waals surface area contributed by atoms with E-state index in [9.17, 15) is 17.3 Å². The van der Waals surface area contributed by atoms with Crippen LogP contribution in [0.25, 0.3) is 0 Å². The summed E-state index contributed by atoms with van der Waals surface area (Å²) in [4.78, 5) is 6.28. The van der Waals surface area contributed by atoms with E-state index in [1.807, 2.05) is 0 Å². The maximum absolute atomic E-state index is 12.5. The zero-order valence-electron chi connectivity index (χ0n) is 6.85. The van der Waals surface area contributed by atoms with E-state index in [4.69, 9.17) is 0 Å². The van der Waals surface area contributed by atoms with Gasteiger partial charge in [0.1, 0.15) is 6.33 Å². The third-order valence-corrected chi connectivity index (χ3v) is 1.18. The topological polar surface area (TPSA) is 25.8 Å². The standard InChI is InChI=1S/C5H4BF4N2.K/c7-5-4(1-6(8,9)10)2-11-3-12-5;/h2-3H,1H2;/q-1;+1. The largest absolute Gasteiger partial charge is 1.00 e. The van der Waals surface area contributed by atoms with Gasteiger partial charge in [0.15, 0.2) is 0 Å². The van der Waals surface area contributed by atoms with Gasteiger partial charge in [-0.05, 0) is 5.56 Å². The third-order valence-electron chi connectivity index (χ3n) is 1.18. The molecule has 0 bridgehead atoms. The first-order valence-corrected chi connectivity index (χ1v) is 3.14. The van der Waals surface area contributed by atoms with Crippen LogP contribution < -0.4 is 51.4 Å². The van der Waals surface area contributed by atoms with Crippen molar-refractivity contribution in [3.05, 3.63) is 24.0 Å². The minimum Gasteiger partial charge on any atom is -0.449 e. The van der Waals surface area contributed by atoms with E-state index in [2.05, 4.69) is 9.97 Å². The number of aromatic nitrogens is 2. The Labute approximate surface area is 115 Å². The molecule has 2 nitrogen and oxygen atoms in total. The van der Waals surface area contributed by atoms with Crippen LogP contribution >= 0.6 is 0 Å². The molecule has 0 aliphatic rings. The number of halogens is 4. The predicted octanol–water partition coefficient (Wildman–Crippen LogP) is -1.45. The number of nitrogens with zero attached hydrogens (tertiary/aromatic N) is 2. The number of hydrogen-bond acceptors (Lipinski definition) is 2. The average molecular weight is 218 g/mol. The molecule has 1 heterocycles. The molecule has 0 fully saturated rings. The smallest absolute Gasteiger partial charge is 0.449 e. The summed E-state index contributed by atoms with van der Waals surface area (Å²) in [5.41, 5.74) is -0.509. The SMILES string of the molecule is Fc1ncncc1C[B-](F)(F)F.[K+]. The molecule has 0 N–H and O–H groups in total. The van der Waals surface area contributed by atoms with Crippen molar-refractivity contribution in [1.82, 2.24) is 9.97 Å². The van der Waals surface area contributed by atoms with Gasteiger partial charge in [0.25, 0.3) is 0 Å². The molecule has 0 saturated carbocycles. The van der Waals surface area contributed by atoms with E-state index in [1.165, 1.54) is 0 Å².